The molecular weight excluding hydrogens is 378 g/mol. The van der Waals surface area contributed by atoms with Crippen LogP contribution in [0.5, 0.6) is 0 Å². The van der Waals surface area contributed by atoms with Gasteiger partial charge in [-0.25, -0.2) is 4.98 Å². The minimum atomic E-state index is -0.520. The van der Waals surface area contributed by atoms with Crippen LogP contribution in [0.4, 0.5) is 11.4 Å². The molecule has 2 aromatic carbocycles. The first-order valence-electron chi connectivity index (χ1n) is 9.23. The van der Waals surface area contributed by atoms with Gasteiger partial charge in [0.15, 0.2) is 5.69 Å². The van der Waals surface area contributed by atoms with E-state index in [9.17, 15) is 14.9 Å². The van der Waals surface area contributed by atoms with Crippen LogP contribution < -0.4 is 10.6 Å². The van der Waals surface area contributed by atoms with Crippen LogP contribution in [-0.4, -0.2) is 21.2 Å². The zero-order valence-corrected chi connectivity index (χ0v) is 16.1. The number of pyridine rings is 1. The molecule has 0 bridgehead atoms. The van der Waals surface area contributed by atoms with Crippen LogP contribution in [0, 0.1) is 18.3 Å². The van der Waals surface area contributed by atoms with E-state index >= 15 is 0 Å². The van der Waals surface area contributed by atoms with Crippen molar-refractivity contribution in [2.75, 3.05) is 10.6 Å². The Labute approximate surface area is 172 Å². The highest BCUT2D eigenvalue weighted by atomic mass is 16.2. The average Bonchev–Trinajstić information content (AvgIpc) is 3.16. The van der Waals surface area contributed by atoms with Crippen LogP contribution in [0.15, 0.2) is 72.9 Å². The number of hydrogen-bond acceptors (Lipinski definition) is 4. The van der Waals surface area contributed by atoms with Gasteiger partial charge in [-0.15, -0.1) is 0 Å². The molecule has 2 N–H and O–H groups in total. The number of imidazole rings is 1. The standard InChI is InChI=1S/C23H17N5O2/c1-15-8-2-4-10-17(15)25-22(29)20-19-12-6-7-13-28(19)21(27-20)23(30)26-18-11-5-3-9-16(18)14-24/h2-13H,1H3,(H,25,29)(H,26,30). The summed E-state index contributed by atoms with van der Waals surface area (Å²) in [6.07, 6.45) is 1.66. The Kier molecular flexibility index (Phi) is 4.97. The molecule has 0 spiro atoms. The molecule has 30 heavy (non-hydrogen) atoms. The molecule has 0 unspecified atom stereocenters. The Morgan fingerprint density at radius 2 is 1.57 bits per heavy atom. The summed E-state index contributed by atoms with van der Waals surface area (Å²) < 4.78 is 1.55. The molecule has 2 aromatic heterocycles. The van der Waals surface area contributed by atoms with Crippen molar-refractivity contribution in [2.45, 2.75) is 6.92 Å². The molecule has 2 amide bonds. The number of amides is 2. The summed E-state index contributed by atoms with van der Waals surface area (Å²) in [4.78, 5) is 30.1. The van der Waals surface area contributed by atoms with E-state index in [0.717, 1.165) is 5.56 Å². The van der Waals surface area contributed by atoms with Crippen LogP contribution in [0.2, 0.25) is 0 Å². The van der Waals surface area contributed by atoms with Crippen LogP contribution in [0.3, 0.4) is 0 Å². The third kappa shape index (κ3) is 3.50. The van der Waals surface area contributed by atoms with E-state index in [1.165, 1.54) is 0 Å². The molecule has 0 aliphatic carbocycles. The number of carbonyl (C=O) groups is 2. The zero-order chi connectivity index (χ0) is 21.1. The Hall–Kier alpha value is -4.44. The largest absolute Gasteiger partial charge is 0.320 e. The van der Waals surface area contributed by atoms with Crippen LogP contribution in [0.1, 0.15) is 32.2 Å². The molecule has 4 aromatic rings. The zero-order valence-electron chi connectivity index (χ0n) is 16.1. The summed E-state index contributed by atoms with van der Waals surface area (Å²) in [5.41, 5.74) is 2.95. The molecule has 7 nitrogen and oxygen atoms in total. The molecule has 0 atom stereocenters. The van der Waals surface area contributed by atoms with E-state index in [2.05, 4.69) is 15.6 Å². The lowest BCUT2D eigenvalue weighted by molar-refractivity contribution is 0.101. The predicted octanol–water partition coefficient (Wildman–Crippen LogP) is 4.02. The van der Waals surface area contributed by atoms with E-state index in [-0.39, 0.29) is 11.5 Å². The fourth-order valence-corrected chi connectivity index (χ4v) is 3.13. The Bertz CT molecular complexity index is 1320. The first-order chi connectivity index (χ1) is 14.6. The summed E-state index contributed by atoms with van der Waals surface area (Å²) >= 11 is 0. The number of nitrogens with one attached hydrogen (secondary N) is 2. The number of fused-ring (bicyclic) bond motifs is 1. The van der Waals surface area contributed by atoms with Gasteiger partial charge in [0.05, 0.1) is 16.8 Å². The van der Waals surface area contributed by atoms with Gasteiger partial charge >= 0.3 is 0 Å². The van der Waals surface area contributed by atoms with Crippen molar-refractivity contribution in [1.29, 1.82) is 5.26 Å². The monoisotopic (exact) mass is 395 g/mol. The van der Waals surface area contributed by atoms with Gasteiger partial charge in [-0.05, 0) is 42.8 Å². The van der Waals surface area contributed by atoms with E-state index in [0.29, 0.717) is 22.5 Å². The molecule has 0 aliphatic heterocycles. The topological polar surface area (TPSA) is 99.3 Å². The van der Waals surface area contributed by atoms with Crippen molar-refractivity contribution in [3.8, 4) is 6.07 Å². The Morgan fingerprint density at radius 3 is 2.33 bits per heavy atom. The van der Waals surface area contributed by atoms with Crippen LogP contribution >= 0.6 is 0 Å². The van der Waals surface area contributed by atoms with Gasteiger partial charge in [-0.2, -0.15) is 5.26 Å². The van der Waals surface area contributed by atoms with E-state index in [1.807, 2.05) is 31.2 Å². The van der Waals surface area contributed by atoms with Gasteiger partial charge < -0.3 is 10.6 Å². The van der Waals surface area contributed by atoms with Crippen molar-refractivity contribution < 1.29 is 9.59 Å². The second-order valence-corrected chi connectivity index (χ2v) is 6.62. The summed E-state index contributed by atoms with van der Waals surface area (Å²) in [6, 6.07) is 21.4. The number of anilines is 2. The molecule has 146 valence electrons. The minimum Gasteiger partial charge on any atom is -0.320 e. The lowest BCUT2D eigenvalue weighted by atomic mass is 10.2. The van der Waals surface area contributed by atoms with Gasteiger partial charge in [0.25, 0.3) is 11.8 Å². The normalized spacial score (nSPS) is 10.4. The van der Waals surface area contributed by atoms with Gasteiger partial charge in [0.2, 0.25) is 5.82 Å². The lowest BCUT2D eigenvalue weighted by Crippen LogP contribution is -2.17. The van der Waals surface area contributed by atoms with Gasteiger partial charge in [-0.3, -0.25) is 14.0 Å². The number of nitrogens with zero attached hydrogens (tertiary/aromatic N) is 3. The van der Waals surface area contributed by atoms with Gasteiger partial charge in [-0.1, -0.05) is 36.4 Å². The molecule has 4 rings (SSSR count). The summed E-state index contributed by atoms with van der Waals surface area (Å²) in [6.45, 7) is 1.90. The van der Waals surface area contributed by atoms with Crippen molar-refractivity contribution >= 4 is 28.7 Å². The second kappa shape index (κ2) is 7.89. The lowest BCUT2D eigenvalue weighted by Gasteiger charge is -2.06. The van der Waals surface area contributed by atoms with E-state index in [1.54, 1.807) is 59.1 Å². The highest BCUT2D eigenvalue weighted by molar-refractivity contribution is 6.10. The fraction of sp³-hybridized carbons (Fsp3) is 0.0435. The predicted molar refractivity (Wildman–Crippen MR) is 113 cm³/mol. The maximum absolute atomic E-state index is 12.9. The fourth-order valence-electron chi connectivity index (χ4n) is 3.13. The van der Waals surface area contributed by atoms with Crippen molar-refractivity contribution in [1.82, 2.24) is 9.38 Å². The maximum atomic E-state index is 12.9. The highest BCUT2D eigenvalue weighted by Crippen LogP contribution is 2.20. The summed E-state index contributed by atoms with van der Waals surface area (Å²) in [5, 5.41) is 14.8. The summed E-state index contributed by atoms with van der Waals surface area (Å²) in [7, 11) is 0. The second-order valence-electron chi connectivity index (χ2n) is 6.62. The quantitative estimate of drug-likeness (QED) is 0.545. The third-order valence-corrected chi connectivity index (χ3v) is 4.66. The molecule has 0 radical (unpaired) electrons. The molecule has 2 heterocycles. The third-order valence-electron chi connectivity index (χ3n) is 4.66. The first-order valence-corrected chi connectivity index (χ1v) is 9.23. The molecular formula is C23H17N5O2. The van der Waals surface area contributed by atoms with Crippen LogP contribution in [-0.2, 0) is 0 Å². The number of rotatable bonds is 4. The number of nitriles is 1. The molecule has 0 saturated heterocycles. The van der Waals surface area contributed by atoms with Crippen molar-refractivity contribution in [2.24, 2.45) is 0 Å². The molecule has 0 saturated carbocycles. The number of aryl methyl sites for hydroxylation is 1. The molecule has 0 fully saturated rings. The van der Waals surface area contributed by atoms with Gasteiger partial charge in [0, 0.05) is 11.9 Å². The number of carbonyl (C=O) groups excluding carboxylic acids is 2. The summed E-state index contributed by atoms with van der Waals surface area (Å²) in [5.74, 6) is -0.883. The van der Waals surface area contributed by atoms with Crippen LogP contribution in [0.25, 0.3) is 5.52 Å². The Morgan fingerprint density at radius 1 is 0.900 bits per heavy atom. The minimum absolute atomic E-state index is 0.0493. The Balaban J connectivity index is 1.70. The van der Waals surface area contributed by atoms with Crippen molar-refractivity contribution in [3.63, 3.8) is 0 Å². The highest BCUT2D eigenvalue weighted by Gasteiger charge is 2.22. The van der Waals surface area contributed by atoms with Crippen molar-refractivity contribution in [3.05, 3.63) is 95.6 Å². The first kappa shape index (κ1) is 18.9. The number of benzene rings is 2. The number of aromatic nitrogens is 2. The average molecular weight is 395 g/mol. The molecule has 7 heteroatoms. The van der Waals surface area contributed by atoms with E-state index < -0.39 is 11.8 Å². The smallest absolute Gasteiger partial charge is 0.292 e. The number of para-hydroxylation sites is 2. The van der Waals surface area contributed by atoms with E-state index in [4.69, 9.17) is 0 Å². The number of hydrogen-bond donors (Lipinski definition) is 2. The molecule has 0 aliphatic rings. The van der Waals surface area contributed by atoms with Gasteiger partial charge in [0.1, 0.15) is 6.07 Å². The maximum Gasteiger partial charge on any atom is 0.292 e. The SMILES string of the molecule is Cc1ccccc1NC(=O)c1nc(C(=O)Nc2ccccc2C#N)n2ccccc12.